The van der Waals surface area contributed by atoms with E-state index < -0.39 is 11.7 Å². The number of aromatic nitrogens is 3. The summed E-state index contributed by atoms with van der Waals surface area (Å²) in [6.45, 7) is 0.314. The molecule has 5 nitrogen and oxygen atoms in total. The van der Waals surface area contributed by atoms with Crippen LogP contribution in [0.5, 0.6) is 0 Å². The van der Waals surface area contributed by atoms with E-state index in [2.05, 4.69) is 9.97 Å². The summed E-state index contributed by atoms with van der Waals surface area (Å²) in [6.07, 6.45) is -0.620. The summed E-state index contributed by atoms with van der Waals surface area (Å²) in [7, 11) is 3.39. The van der Waals surface area contributed by atoms with Crippen molar-refractivity contribution in [2.24, 2.45) is 7.05 Å². The Labute approximate surface area is 119 Å². The summed E-state index contributed by atoms with van der Waals surface area (Å²) in [4.78, 5) is 9.07. The maximum Gasteiger partial charge on any atom is 0.417 e. The molecule has 0 unspecified atom stereocenters. The van der Waals surface area contributed by atoms with Crippen LogP contribution in [0.2, 0.25) is 0 Å². The van der Waals surface area contributed by atoms with Crippen LogP contribution in [0.3, 0.4) is 0 Å². The van der Waals surface area contributed by atoms with E-state index in [4.69, 9.17) is 5.26 Å². The number of hydrogen-bond donors (Lipinski definition) is 0. The Kier molecular flexibility index (Phi) is 3.84. The quantitative estimate of drug-likeness (QED) is 0.872. The number of hydrogen-bond acceptors (Lipinski definition) is 4. The topological polar surface area (TPSA) is 57.7 Å². The Morgan fingerprint density at radius 3 is 2.62 bits per heavy atom. The van der Waals surface area contributed by atoms with Gasteiger partial charge in [0.2, 0.25) is 0 Å². The smallest absolute Gasteiger partial charge is 0.366 e. The van der Waals surface area contributed by atoms with Gasteiger partial charge in [0.05, 0.1) is 29.8 Å². The summed E-state index contributed by atoms with van der Waals surface area (Å²) in [6, 6.07) is 2.74. The number of nitriles is 1. The number of pyridine rings is 1. The third kappa shape index (κ3) is 3.13. The first kappa shape index (κ1) is 14.8. The predicted molar refractivity (Wildman–Crippen MR) is 69.3 cm³/mol. The van der Waals surface area contributed by atoms with Gasteiger partial charge in [-0.05, 0) is 6.07 Å². The second-order valence-electron chi connectivity index (χ2n) is 4.55. The Morgan fingerprint density at radius 2 is 2.10 bits per heavy atom. The lowest BCUT2D eigenvalue weighted by Gasteiger charge is -2.21. The number of anilines is 1. The molecule has 0 aliphatic heterocycles. The van der Waals surface area contributed by atoms with Gasteiger partial charge in [-0.2, -0.15) is 18.4 Å². The van der Waals surface area contributed by atoms with Crippen LogP contribution in [-0.2, 0) is 19.8 Å². The molecule has 0 aromatic carbocycles. The summed E-state index contributed by atoms with van der Waals surface area (Å²) in [5.41, 5.74) is 0.00773. The van der Waals surface area contributed by atoms with E-state index in [0.29, 0.717) is 12.7 Å². The maximum atomic E-state index is 12.8. The fraction of sp³-hybridized carbons (Fsp3) is 0.308. The lowest BCUT2D eigenvalue weighted by atomic mass is 10.2. The van der Waals surface area contributed by atoms with Crippen molar-refractivity contribution in [2.75, 3.05) is 11.9 Å². The van der Waals surface area contributed by atoms with Gasteiger partial charge in [0.25, 0.3) is 0 Å². The molecule has 21 heavy (non-hydrogen) atoms. The fourth-order valence-electron chi connectivity index (χ4n) is 1.85. The molecule has 0 amide bonds. The highest BCUT2D eigenvalue weighted by atomic mass is 19.4. The largest absolute Gasteiger partial charge is 0.417 e. The van der Waals surface area contributed by atoms with Crippen LogP contribution in [0.15, 0.2) is 24.8 Å². The van der Waals surface area contributed by atoms with Gasteiger partial charge in [0, 0.05) is 26.5 Å². The molecule has 2 heterocycles. The van der Waals surface area contributed by atoms with Crippen molar-refractivity contribution in [3.8, 4) is 6.07 Å². The Bertz CT molecular complexity index is 684. The molecule has 2 aromatic rings. The average molecular weight is 295 g/mol. The molecule has 0 saturated heterocycles. The maximum absolute atomic E-state index is 12.8. The zero-order valence-electron chi connectivity index (χ0n) is 11.4. The molecule has 0 N–H and O–H groups in total. The van der Waals surface area contributed by atoms with Crippen LogP contribution < -0.4 is 4.90 Å². The lowest BCUT2D eigenvalue weighted by molar-refractivity contribution is -0.137. The minimum atomic E-state index is -4.50. The number of alkyl halides is 3. The number of nitrogens with zero attached hydrogens (tertiary/aromatic N) is 5. The van der Waals surface area contributed by atoms with E-state index in [1.807, 2.05) is 0 Å². The fourth-order valence-corrected chi connectivity index (χ4v) is 1.85. The van der Waals surface area contributed by atoms with Crippen molar-refractivity contribution in [2.45, 2.75) is 12.7 Å². The minimum Gasteiger partial charge on any atom is -0.366 e. The van der Waals surface area contributed by atoms with Crippen LogP contribution in [-0.4, -0.2) is 21.6 Å². The van der Waals surface area contributed by atoms with E-state index in [1.54, 1.807) is 37.3 Å². The van der Waals surface area contributed by atoms with E-state index in [9.17, 15) is 13.2 Å². The van der Waals surface area contributed by atoms with E-state index >= 15 is 0 Å². The molecule has 0 atom stereocenters. The highest BCUT2D eigenvalue weighted by Gasteiger charge is 2.32. The number of aryl methyl sites for hydroxylation is 1. The monoisotopic (exact) mass is 295 g/mol. The predicted octanol–water partition coefficient (Wildman–Crippen LogP) is 2.34. The summed E-state index contributed by atoms with van der Waals surface area (Å²) in [5.74, 6) is 0. The summed E-state index contributed by atoms with van der Waals surface area (Å²) in [5, 5.41) is 9.00. The number of imidazole rings is 1. The van der Waals surface area contributed by atoms with Crippen LogP contribution in [0.25, 0.3) is 0 Å². The van der Waals surface area contributed by atoms with Crippen molar-refractivity contribution in [1.29, 1.82) is 5.26 Å². The molecule has 0 aliphatic rings. The summed E-state index contributed by atoms with van der Waals surface area (Å²) < 4.78 is 40.0. The third-order valence-electron chi connectivity index (χ3n) is 3.03. The van der Waals surface area contributed by atoms with Crippen LogP contribution >= 0.6 is 0 Å². The highest BCUT2D eigenvalue weighted by molar-refractivity contribution is 5.57. The Hall–Kier alpha value is -2.56. The molecule has 0 aliphatic carbocycles. The highest BCUT2D eigenvalue weighted by Crippen LogP contribution is 2.32. The molecule has 110 valence electrons. The van der Waals surface area contributed by atoms with Gasteiger partial charge in [0.1, 0.15) is 6.07 Å². The van der Waals surface area contributed by atoms with Gasteiger partial charge in [-0.25, -0.2) is 9.97 Å². The van der Waals surface area contributed by atoms with Crippen molar-refractivity contribution in [3.05, 3.63) is 41.7 Å². The van der Waals surface area contributed by atoms with E-state index in [1.165, 1.54) is 4.90 Å². The van der Waals surface area contributed by atoms with Crippen molar-refractivity contribution >= 4 is 5.69 Å². The van der Waals surface area contributed by atoms with E-state index in [0.717, 1.165) is 11.8 Å². The zero-order valence-corrected chi connectivity index (χ0v) is 11.4. The van der Waals surface area contributed by atoms with Gasteiger partial charge in [-0.3, -0.25) is 0 Å². The Balaban J connectivity index is 2.37. The standard InChI is InChI=1S/C13H12F3N5/c1-20(7-10-6-18-8-21(10)2)12-3-9(13(14,15)16)5-19-11(12)4-17/h3,5-6,8H,7H2,1-2H3. The second kappa shape index (κ2) is 5.44. The zero-order chi connectivity index (χ0) is 15.6. The molecule has 2 rings (SSSR count). The molecule has 0 fully saturated rings. The molecule has 0 radical (unpaired) electrons. The normalized spacial score (nSPS) is 11.2. The lowest BCUT2D eigenvalue weighted by Crippen LogP contribution is -2.20. The van der Waals surface area contributed by atoms with Gasteiger partial charge >= 0.3 is 6.18 Å². The van der Waals surface area contributed by atoms with E-state index in [-0.39, 0.29) is 11.4 Å². The molecule has 2 aromatic heterocycles. The molecule has 0 saturated carbocycles. The first-order valence-electron chi connectivity index (χ1n) is 5.96. The second-order valence-corrected chi connectivity index (χ2v) is 4.55. The first-order chi connectivity index (χ1) is 9.82. The van der Waals surface area contributed by atoms with Gasteiger partial charge < -0.3 is 9.47 Å². The van der Waals surface area contributed by atoms with Gasteiger partial charge in [-0.1, -0.05) is 0 Å². The van der Waals surface area contributed by atoms with Gasteiger partial charge in [-0.15, -0.1) is 0 Å². The average Bonchev–Trinajstić information content (AvgIpc) is 2.82. The SMILES string of the molecule is CN(Cc1cncn1C)c1cc(C(F)(F)F)cnc1C#N. The van der Waals surface area contributed by atoms with Crippen molar-refractivity contribution < 1.29 is 13.2 Å². The first-order valence-corrected chi connectivity index (χ1v) is 5.96. The summed E-state index contributed by atoms with van der Waals surface area (Å²) >= 11 is 0. The molecule has 8 heteroatoms. The molecular formula is C13H12F3N5. The van der Waals surface area contributed by atoms with Crippen LogP contribution in [0.1, 0.15) is 17.0 Å². The van der Waals surface area contributed by atoms with Crippen LogP contribution in [0.4, 0.5) is 18.9 Å². The number of rotatable bonds is 3. The molecule has 0 bridgehead atoms. The van der Waals surface area contributed by atoms with Crippen molar-refractivity contribution in [1.82, 2.24) is 14.5 Å². The Morgan fingerprint density at radius 1 is 1.38 bits per heavy atom. The van der Waals surface area contributed by atoms with Crippen molar-refractivity contribution in [3.63, 3.8) is 0 Å². The third-order valence-corrected chi connectivity index (χ3v) is 3.03. The van der Waals surface area contributed by atoms with Crippen LogP contribution in [0, 0.1) is 11.3 Å². The molecular weight excluding hydrogens is 283 g/mol. The minimum absolute atomic E-state index is 0.0485. The molecule has 0 spiro atoms. The van der Waals surface area contributed by atoms with Gasteiger partial charge in [0.15, 0.2) is 5.69 Å². The number of halogens is 3.